The lowest BCUT2D eigenvalue weighted by atomic mass is 10.1. The minimum Gasteiger partial charge on any atom is -0.492 e. The minimum atomic E-state index is -1.82. The summed E-state index contributed by atoms with van der Waals surface area (Å²) in [6, 6.07) is 23.5. The maximum absolute atomic E-state index is 9.10. The highest BCUT2D eigenvalue weighted by molar-refractivity contribution is 7.22. The Balaban J connectivity index is 0.000000420. The number of hydrogen-bond donors (Lipinski definition) is 5. The zero-order valence-electron chi connectivity index (χ0n) is 28.4. The largest absolute Gasteiger partial charge is 0.492 e. The van der Waals surface area contributed by atoms with Crippen LogP contribution in [-0.2, 0) is 19.2 Å². The van der Waals surface area contributed by atoms with Gasteiger partial charge in [-0.1, -0.05) is 6.07 Å². The molecule has 5 N–H and O–H groups in total. The molecule has 14 heteroatoms. The first kappa shape index (κ1) is 38.6. The van der Waals surface area contributed by atoms with E-state index in [0.29, 0.717) is 0 Å². The van der Waals surface area contributed by atoms with Gasteiger partial charge in [0.15, 0.2) is 0 Å². The number of anilines is 2. The number of carbonyl (C=O) groups is 4. The van der Waals surface area contributed by atoms with Crippen molar-refractivity contribution in [1.82, 2.24) is 9.80 Å². The highest BCUT2D eigenvalue weighted by Gasteiger charge is 2.15. The Labute approximate surface area is 299 Å². The van der Waals surface area contributed by atoms with Crippen LogP contribution in [0.25, 0.3) is 20.5 Å². The second-order valence-corrected chi connectivity index (χ2v) is 13.0. The van der Waals surface area contributed by atoms with Crippen LogP contribution in [-0.4, -0.2) is 107 Å². The van der Waals surface area contributed by atoms with Gasteiger partial charge in [0.1, 0.15) is 24.7 Å². The Hall–Kier alpha value is -5.18. The van der Waals surface area contributed by atoms with E-state index in [2.05, 4.69) is 88.8 Å². The van der Waals surface area contributed by atoms with E-state index in [9.17, 15) is 0 Å². The third kappa shape index (κ3) is 12.0. The van der Waals surface area contributed by atoms with Crippen LogP contribution in [0, 0.1) is 6.92 Å². The van der Waals surface area contributed by atoms with E-state index in [0.717, 1.165) is 49.2 Å². The molecule has 0 radical (unpaired) electrons. The molecule has 0 aliphatic carbocycles. The first-order chi connectivity index (χ1) is 24.5. The fourth-order valence-electron chi connectivity index (χ4n) is 5.77. The van der Waals surface area contributed by atoms with Gasteiger partial charge in [-0.3, -0.25) is 9.80 Å². The SMILES string of the molecule is Cc1c(-c2ccc(OCCN3CCCC3)cc2)sc2cccc(Nc3ccc(OCCN4CCCC4)cc3)c12.O=C(O)C(=O)O.O=C(O)C(=O)O. The van der Waals surface area contributed by atoms with E-state index >= 15 is 0 Å². The number of thiophene rings is 1. The predicted octanol–water partition coefficient (Wildman–Crippen LogP) is 5.88. The van der Waals surface area contributed by atoms with Crippen LogP contribution in [0.5, 0.6) is 11.5 Å². The van der Waals surface area contributed by atoms with Crippen LogP contribution in [0.4, 0.5) is 11.4 Å². The molecule has 2 saturated heterocycles. The van der Waals surface area contributed by atoms with Crippen LogP contribution in [0.1, 0.15) is 31.2 Å². The summed E-state index contributed by atoms with van der Waals surface area (Å²) in [4.78, 5) is 42.7. The lowest BCUT2D eigenvalue weighted by molar-refractivity contribution is -0.159. The van der Waals surface area contributed by atoms with E-state index in [1.165, 1.54) is 78.0 Å². The molecule has 272 valence electrons. The van der Waals surface area contributed by atoms with Crippen molar-refractivity contribution in [2.45, 2.75) is 32.6 Å². The standard InChI is InChI=1S/C33H39N3O2S.2C2H2O4/c1-25-32-30(34-27-11-15-29(16-12-27)38-24-22-36-19-4-5-20-36)7-6-8-31(32)39-33(25)26-9-13-28(14-10-26)37-23-21-35-17-2-3-18-35;2*3-1(4)2(5)6/h6-16,34H,2-5,17-24H2,1H3;2*(H,3,4)(H,5,6). The van der Waals surface area contributed by atoms with Gasteiger partial charge in [-0.15, -0.1) is 11.3 Å². The topological polar surface area (TPSA) is 186 Å². The minimum absolute atomic E-state index is 0.745. The quantitative estimate of drug-likeness (QED) is 0.116. The highest BCUT2D eigenvalue weighted by atomic mass is 32.1. The number of likely N-dealkylation sites (tertiary alicyclic amines) is 2. The fourth-order valence-corrected chi connectivity index (χ4v) is 7.01. The second-order valence-electron chi connectivity index (χ2n) is 11.9. The number of carboxylic acid groups (broad SMARTS) is 4. The molecule has 0 amide bonds. The predicted molar refractivity (Wildman–Crippen MR) is 195 cm³/mol. The number of hydrogen-bond acceptors (Lipinski definition) is 10. The summed E-state index contributed by atoms with van der Waals surface area (Å²) >= 11 is 1.85. The van der Waals surface area contributed by atoms with Gasteiger partial charge in [0.2, 0.25) is 0 Å². The van der Waals surface area contributed by atoms with E-state index < -0.39 is 23.9 Å². The number of aryl methyl sites for hydroxylation is 1. The van der Waals surface area contributed by atoms with Crippen LogP contribution >= 0.6 is 11.3 Å². The van der Waals surface area contributed by atoms with Crippen molar-refractivity contribution in [3.8, 4) is 21.9 Å². The Morgan fingerprint density at radius 3 is 1.57 bits per heavy atom. The first-order valence-electron chi connectivity index (χ1n) is 16.6. The van der Waals surface area contributed by atoms with Crippen molar-refractivity contribution in [3.63, 3.8) is 0 Å². The molecule has 1 aromatic heterocycles. The summed E-state index contributed by atoms with van der Waals surface area (Å²) in [5.74, 6) is -5.42. The number of nitrogens with zero attached hydrogens (tertiary/aromatic N) is 2. The molecule has 0 atom stereocenters. The summed E-state index contributed by atoms with van der Waals surface area (Å²) in [5.41, 5.74) is 4.75. The van der Waals surface area contributed by atoms with E-state index in [1.54, 1.807) is 0 Å². The zero-order valence-corrected chi connectivity index (χ0v) is 29.2. The van der Waals surface area contributed by atoms with Crippen molar-refractivity contribution < 1.29 is 49.1 Å². The van der Waals surface area contributed by atoms with Gasteiger partial charge >= 0.3 is 23.9 Å². The molecule has 3 heterocycles. The van der Waals surface area contributed by atoms with E-state index in [4.69, 9.17) is 49.1 Å². The number of aliphatic carboxylic acids is 4. The van der Waals surface area contributed by atoms with Crippen molar-refractivity contribution >= 4 is 56.7 Å². The molecule has 13 nitrogen and oxygen atoms in total. The maximum atomic E-state index is 9.10. The molecular weight excluding hydrogens is 678 g/mol. The Kier molecular flexibility index (Phi) is 14.6. The Morgan fingerprint density at radius 1 is 0.667 bits per heavy atom. The summed E-state index contributed by atoms with van der Waals surface area (Å²) in [7, 11) is 0. The second kappa shape index (κ2) is 19.3. The van der Waals surface area contributed by atoms with Gasteiger partial charge < -0.3 is 35.2 Å². The highest BCUT2D eigenvalue weighted by Crippen LogP contribution is 2.42. The molecule has 0 saturated carbocycles. The molecule has 51 heavy (non-hydrogen) atoms. The van der Waals surface area contributed by atoms with Crippen LogP contribution in [0.2, 0.25) is 0 Å². The molecule has 2 aliphatic rings. The summed E-state index contributed by atoms with van der Waals surface area (Å²) in [6.45, 7) is 10.6. The third-order valence-electron chi connectivity index (χ3n) is 8.32. The summed E-state index contributed by atoms with van der Waals surface area (Å²) in [5, 5.41) is 34.5. The number of fused-ring (bicyclic) bond motifs is 1. The molecule has 0 unspecified atom stereocenters. The molecular formula is C37H43N3O10S. The van der Waals surface area contributed by atoms with Crippen LogP contribution in [0.3, 0.4) is 0 Å². The zero-order chi connectivity index (χ0) is 36.8. The maximum Gasteiger partial charge on any atom is 0.414 e. The Morgan fingerprint density at radius 2 is 1.12 bits per heavy atom. The van der Waals surface area contributed by atoms with Gasteiger partial charge in [0.25, 0.3) is 0 Å². The van der Waals surface area contributed by atoms with Crippen molar-refractivity contribution in [1.29, 1.82) is 0 Å². The molecule has 6 rings (SSSR count). The van der Waals surface area contributed by atoms with Gasteiger partial charge in [-0.2, -0.15) is 0 Å². The van der Waals surface area contributed by atoms with Gasteiger partial charge in [0, 0.05) is 39.4 Å². The number of rotatable bonds is 11. The monoisotopic (exact) mass is 721 g/mol. The van der Waals surface area contributed by atoms with E-state index in [1.807, 2.05) is 11.3 Å². The fraction of sp³-hybridized carbons (Fsp3) is 0.351. The number of benzene rings is 3. The van der Waals surface area contributed by atoms with Crippen molar-refractivity contribution in [3.05, 3.63) is 72.3 Å². The molecule has 2 fully saturated rings. The van der Waals surface area contributed by atoms with Gasteiger partial charge in [-0.25, -0.2) is 19.2 Å². The molecule has 4 aromatic rings. The number of ether oxygens (including phenoxy) is 2. The average molecular weight is 722 g/mol. The molecule has 0 spiro atoms. The smallest absolute Gasteiger partial charge is 0.414 e. The normalized spacial score (nSPS) is 14.1. The average Bonchev–Trinajstić information content (AvgIpc) is 3.90. The van der Waals surface area contributed by atoms with Crippen LogP contribution in [0.15, 0.2) is 66.7 Å². The summed E-state index contributed by atoms with van der Waals surface area (Å²) < 4.78 is 13.3. The lowest BCUT2D eigenvalue weighted by Crippen LogP contribution is -2.25. The number of nitrogens with one attached hydrogen (secondary N) is 1. The summed E-state index contributed by atoms with van der Waals surface area (Å²) in [6.07, 6.45) is 5.28. The van der Waals surface area contributed by atoms with Gasteiger partial charge in [-0.05, 0) is 131 Å². The lowest BCUT2D eigenvalue weighted by Gasteiger charge is -2.15. The Bertz CT molecular complexity index is 1720. The number of carboxylic acids is 4. The first-order valence-corrected chi connectivity index (χ1v) is 17.5. The van der Waals surface area contributed by atoms with E-state index in [-0.39, 0.29) is 0 Å². The molecule has 2 aliphatic heterocycles. The van der Waals surface area contributed by atoms with Crippen LogP contribution < -0.4 is 14.8 Å². The third-order valence-corrected chi connectivity index (χ3v) is 9.63. The van der Waals surface area contributed by atoms with Gasteiger partial charge in [0.05, 0.1) is 0 Å². The van der Waals surface area contributed by atoms with Crippen molar-refractivity contribution in [2.75, 3.05) is 57.8 Å². The van der Waals surface area contributed by atoms with Crippen molar-refractivity contribution in [2.24, 2.45) is 0 Å². The molecule has 0 bridgehead atoms. The molecule has 3 aromatic carbocycles.